The Morgan fingerprint density at radius 2 is 1.96 bits per heavy atom. The number of carbonyl (C=O) groups is 2. The van der Waals surface area contributed by atoms with Gasteiger partial charge in [0, 0.05) is 11.8 Å². The summed E-state index contributed by atoms with van der Waals surface area (Å²) in [5.74, 6) is 0.140. The molecule has 0 heterocycles. The van der Waals surface area contributed by atoms with Gasteiger partial charge >= 0.3 is 0 Å². The van der Waals surface area contributed by atoms with E-state index in [4.69, 9.17) is 0 Å². The molecule has 7 atom stereocenters. The summed E-state index contributed by atoms with van der Waals surface area (Å²) in [6, 6.07) is 0. The predicted octanol–water partition coefficient (Wildman–Crippen LogP) is 1.78. The lowest BCUT2D eigenvalue weighted by molar-refractivity contribution is -0.182. The smallest absolute Gasteiger partial charge is 0.190 e. The lowest BCUT2D eigenvalue weighted by Crippen LogP contribution is -2.62. The van der Waals surface area contributed by atoms with Crippen LogP contribution < -0.4 is 0 Å². The van der Waals surface area contributed by atoms with Crippen molar-refractivity contribution in [1.29, 1.82) is 0 Å². The third-order valence-electron chi connectivity index (χ3n) is 8.65. The molecule has 4 aliphatic rings. The molecule has 144 valence electrons. The van der Waals surface area contributed by atoms with Crippen molar-refractivity contribution >= 4 is 11.6 Å². The van der Waals surface area contributed by atoms with E-state index >= 15 is 0 Å². The second kappa shape index (κ2) is 5.73. The summed E-state index contributed by atoms with van der Waals surface area (Å²) in [5, 5.41) is 31.7. The van der Waals surface area contributed by atoms with Crippen LogP contribution in [-0.2, 0) is 9.59 Å². The Morgan fingerprint density at radius 3 is 2.65 bits per heavy atom. The third kappa shape index (κ3) is 2.14. The molecule has 3 fully saturated rings. The van der Waals surface area contributed by atoms with Gasteiger partial charge in [-0.3, -0.25) is 9.59 Å². The molecule has 0 radical (unpaired) electrons. The van der Waals surface area contributed by atoms with Gasteiger partial charge in [-0.25, -0.2) is 0 Å². The van der Waals surface area contributed by atoms with Crippen LogP contribution >= 0.6 is 0 Å². The fourth-order valence-electron chi connectivity index (χ4n) is 7.28. The van der Waals surface area contributed by atoms with Crippen molar-refractivity contribution in [2.24, 2.45) is 28.6 Å². The molecule has 4 rings (SSSR count). The minimum absolute atomic E-state index is 0.0697. The number of aliphatic hydroxyl groups excluding tert-OH is 2. The number of carbonyl (C=O) groups excluding carboxylic acids is 2. The quantitative estimate of drug-likeness (QED) is 0.696. The van der Waals surface area contributed by atoms with Crippen LogP contribution in [0.15, 0.2) is 11.6 Å². The van der Waals surface area contributed by atoms with Crippen LogP contribution in [0.5, 0.6) is 0 Å². The van der Waals surface area contributed by atoms with Gasteiger partial charge in [-0.05, 0) is 67.8 Å². The molecule has 26 heavy (non-hydrogen) atoms. The molecule has 0 saturated heterocycles. The maximum atomic E-state index is 12.4. The molecule has 0 amide bonds. The molecular weight excluding hydrogens is 332 g/mol. The molecule has 0 spiro atoms. The van der Waals surface area contributed by atoms with Crippen LogP contribution in [0.3, 0.4) is 0 Å². The summed E-state index contributed by atoms with van der Waals surface area (Å²) in [5.41, 5.74) is -1.23. The van der Waals surface area contributed by atoms with Crippen molar-refractivity contribution in [3.63, 3.8) is 0 Å². The van der Waals surface area contributed by atoms with E-state index in [0.29, 0.717) is 19.3 Å². The van der Waals surface area contributed by atoms with Gasteiger partial charge < -0.3 is 15.3 Å². The predicted molar refractivity (Wildman–Crippen MR) is 95.1 cm³/mol. The Bertz CT molecular complexity index is 684. The molecule has 3 saturated carbocycles. The van der Waals surface area contributed by atoms with Crippen LogP contribution in [0.25, 0.3) is 0 Å². The Morgan fingerprint density at radius 1 is 1.23 bits per heavy atom. The lowest BCUT2D eigenvalue weighted by Gasteiger charge is -2.60. The monoisotopic (exact) mass is 362 g/mol. The van der Waals surface area contributed by atoms with E-state index in [0.717, 1.165) is 25.7 Å². The number of aliphatic hydroxyl groups is 3. The zero-order chi connectivity index (χ0) is 18.9. The van der Waals surface area contributed by atoms with E-state index in [9.17, 15) is 24.9 Å². The van der Waals surface area contributed by atoms with Crippen LogP contribution in [0.1, 0.15) is 58.8 Å². The average molecular weight is 362 g/mol. The highest BCUT2D eigenvalue weighted by Crippen LogP contribution is 2.67. The van der Waals surface area contributed by atoms with Gasteiger partial charge in [0.05, 0.1) is 6.10 Å². The van der Waals surface area contributed by atoms with Crippen LogP contribution in [-0.4, -0.2) is 45.2 Å². The Labute approximate surface area is 154 Å². The van der Waals surface area contributed by atoms with Crippen molar-refractivity contribution in [2.45, 2.75) is 70.5 Å². The first-order valence-corrected chi connectivity index (χ1v) is 9.96. The van der Waals surface area contributed by atoms with Gasteiger partial charge in [-0.2, -0.15) is 0 Å². The maximum absolute atomic E-state index is 12.4. The van der Waals surface area contributed by atoms with E-state index < -0.39 is 29.5 Å². The zero-order valence-corrected chi connectivity index (χ0v) is 15.7. The first-order chi connectivity index (χ1) is 12.2. The fourth-order valence-corrected chi connectivity index (χ4v) is 7.28. The highest BCUT2D eigenvalue weighted by Gasteiger charge is 2.68. The van der Waals surface area contributed by atoms with Crippen molar-refractivity contribution in [1.82, 2.24) is 0 Å². The molecule has 0 aliphatic heterocycles. The zero-order valence-electron chi connectivity index (χ0n) is 15.7. The molecule has 0 bridgehead atoms. The number of hydrogen-bond acceptors (Lipinski definition) is 5. The summed E-state index contributed by atoms with van der Waals surface area (Å²) in [6.45, 7) is 3.46. The van der Waals surface area contributed by atoms with Crippen molar-refractivity contribution in [3.05, 3.63) is 11.6 Å². The average Bonchev–Trinajstić information content (AvgIpc) is 2.86. The number of hydrogen-bond donors (Lipinski definition) is 3. The molecule has 2 unspecified atom stereocenters. The second-order valence-corrected chi connectivity index (χ2v) is 9.56. The number of Topliss-reactive ketones (excluding diaryl/α,β-unsaturated/α-hetero) is 1. The standard InChI is InChI=1S/C21H30O5/c1-19-7-5-13(23)9-12(19)3-4-14-15-6-8-21(26,17(25)11-22)20(15,2)10-16(24)18(14)19/h9,14-16,18,22,24,26H,3-8,10-11H2,1-2H3/t14?,15-,16+,18?,19-,20-,21-/m0/s1. The summed E-state index contributed by atoms with van der Waals surface area (Å²) in [4.78, 5) is 24.3. The molecule has 0 aromatic carbocycles. The summed E-state index contributed by atoms with van der Waals surface area (Å²) in [6.07, 6.45) is 5.74. The molecule has 0 aromatic rings. The molecule has 5 nitrogen and oxygen atoms in total. The van der Waals surface area contributed by atoms with E-state index in [2.05, 4.69) is 6.92 Å². The Balaban J connectivity index is 1.74. The minimum Gasteiger partial charge on any atom is -0.393 e. The number of ketones is 2. The topological polar surface area (TPSA) is 94.8 Å². The van der Waals surface area contributed by atoms with E-state index in [1.807, 2.05) is 6.92 Å². The molecule has 3 N–H and O–H groups in total. The Kier molecular flexibility index (Phi) is 4.04. The summed E-state index contributed by atoms with van der Waals surface area (Å²) in [7, 11) is 0. The van der Waals surface area contributed by atoms with Crippen molar-refractivity contribution in [2.75, 3.05) is 6.61 Å². The maximum Gasteiger partial charge on any atom is 0.190 e. The lowest BCUT2D eigenvalue weighted by atomic mass is 9.45. The minimum atomic E-state index is -1.54. The summed E-state index contributed by atoms with van der Waals surface area (Å²) >= 11 is 0. The third-order valence-corrected chi connectivity index (χ3v) is 8.65. The highest BCUT2D eigenvalue weighted by atomic mass is 16.3. The van der Waals surface area contributed by atoms with Gasteiger partial charge in [0.1, 0.15) is 12.2 Å². The Hall–Kier alpha value is -1.04. The molecular formula is C21H30O5. The number of rotatable bonds is 2. The normalized spacial score (nSPS) is 50.5. The molecule has 0 aromatic heterocycles. The second-order valence-electron chi connectivity index (χ2n) is 9.56. The number of fused-ring (bicyclic) bond motifs is 5. The first kappa shape index (κ1) is 18.3. The molecule has 4 aliphatic carbocycles. The van der Waals surface area contributed by atoms with Gasteiger partial charge in [0.2, 0.25) is 0 Å². The van der Waals surface area contributed by atoms with Crippen LogP contribution in [0.2, 0.25) is 0 Å². The summed E-state index contributed by atoms with van der Waals surface area (Å²) < 4.78 is 0. The highest BCUT2D eigenvalue weighted by molar-refractivity contribution is 5.91. The van der Waals surface area contributed by atoms with Gasteiger partial charge in [-0.1, -0.05) is 19.4 Å². The van der Waals surface area contributed by atoms with E-state index in [1.165, 1.54) is 5.57 Å². The van der Waals surface area contributed by atoms with Crippen molar-refractivity contribution < 1.29 is 24.9 Å². The largest absolute Gasteiger partial charge is 0.393 e. The van der Waals surface area contributed by atoms with Crippen LogP contribution in [0, 0.1) is 28.6 Å². The van der Waals surface area contributed by atoms with Crippen LogP contribution in [0.4, 0.5) is 0 Å². The SMILES string of the molecule is C[C@]12CCC(=O)C=C1CCC1C2[C@H](O)C[C@@]2(C)[C@H]1CC[C@]2(O)C(=O)CO. The molecule has 5 heteroatoms. The van der Waals surface area contributed by atoms with Gasteiger partial charge in [-0.15, -0.1) is 0 Å². The van der Waals surface area contributed by atoms with Crippen molar-refractivity contribution in [3.8, 4) is 0 Å². The van der Waals surface area contributed by atoms with E-state index in [-0.39, 0.29) is 29.0 Å². The fraction of sp³-hybridized carbons (Fsp3) is 0.810. The number of allylic oxidation sites excluding steroid dienone is 1. The van der Waals surface area contributed by atoms with Gasteiger partial charge in [0.15, 0.2) is 11.6 Å². The first-order valence-electron chi connectivity index (χ1n) is 9.96. The van der Waals surface area contributed by atoms with Gasteiger partial charge in [0.25, 0.3) is 0 Å². The van der Waals surface area contributed by atoms with E-state index in [1.54, 1.807) is 6.08 Å².